The molecular formula is C10H12N4O4. The molecule has 2 atom stereocenters. The Kier molecular flexibility index (Phi) is 2.53. The summed E-state index contributed by atoms with van der Waals surface area (Å²) in [5, 5.41) is 9.03. The van der Waals surface area contributed by atoms with Gasteiger partial charge in [-0.3, -0.25) is 0 Å². The summed E-state index contributed by atoms with van der Waals surface area (Å²) in [5.74, 6) is -0.498. The van der Waals surface area contributed by atoms with Crippen molar-refractivity contribution >= 4 is 17.2 Å². The molecule has 1 aliphatic heterocycles. The van der Waals surface area contributed by atoms with Crippen molar-refractivity contribution in [3.8, 4) is 0 Å². The number of nitrogens with zero attached hydrogens (tertiary/aromatic N) is 3. The number of nitrogens with two attached hydrogens (primary N) is 1. The van der Waals surface area contributed by atoms with Crippen LogP contribution >= 0.6 is 0 Å². The molecule has 2 aromatic heterocycles. The summed E-state index contributed by atoms with van der Waals surface area (Å²) < 4.78 is 11.9. The van der Waals surface area contributed by atoms with Crippen LogP contribution in [0.15, 0.2) is 15.4 Å². The van der Waals surface area contributed by atoms with Crippen LogP contribution in [0.3, 0.4) is 0 Å². The lowest BCUT2D eigenvalue weighted by molar-refractivity contribution is -0.0235. The van der Waals surface area contributed by atoms with E-state index in [-0.39, 0.29) is 24.2 Å². The van der Waals surface area contributed by atoms with Gasteiger partial charge in [0.15, 0.2) is 11.2 Å². The monoisotopic (exact) mass is 252 g/mol. The van der Waals surface area contributed by atoms with Gasteiger partial charge in [-0.05, 0) is 12.8 Å². The summed E-state index contributed by atoms with van der Waals surface area (Å²) in [7, 11) is 0. The molecule has 1 aliphatic rings. The Labute approximate surface area is 101 Å². The molecule has 96 valence electrons. The maximum Gasteiger partial charge on any atom is 0.423 e. The van der Waals surface area contributed by atoms with E-state index in [0.717, 1.165) is 0 Å². The molecule has 18 heavy (non-hydrogen) atoms. The number of ether oxygens (including phenoxy) is 1. The van der Waals surface area contributed by atoms with Gasteiger partial charge < -0.3 is 20.0 Å². The number of anilines is 1. The Morgan fingerprint density at radius 1 is 1.56 bits per heavy atom. The van der Waals surface area contributed by atoms with Crippen molar-refractivity contribution in [3.63, 3.8) is 0 Å². The third-order valence-electron chi connectivity index (χ3n) is 2.95. The number of fused-ring (bicyclic) bond motifs is 1. The van der Waals surface area contributed by atoms with Gasteiger partial charge in [-0.25, -0.2) is 14.3 Å². The fraction of sp³-hybridized carbons (Fsp3) is 0.500. The first kappa shape index (κ1) is 11.2. The molecular weight excluding hydrogens is 240 g/mol. The maximum absolute atomic E-state index is 11.8. The molecule has 8 heteroatoms. The quantitative estimate of drug-likeness (QED) is 0.749. The standard InChI is InChI=1S/C10H12N4O4/c11-9-12-3-6-8(13-9)14(10(16)18-6)7-2-1-5(4-15)17-7/h3,5,7,15H,1-2,4H2,(H2,11,12,13)/t5-,7+/m0/s1. The van der Waals surface area contributed by atoms with Gasteiger partial charge in [0.1, 0.15) is 6.23 Å². The largest absolute Gasteiger partial charge is 0.423 e. The first-order valence-corrected chi connectivity index (χ1v) is 5.59. The van der Waals surface area contributed by atoms with Crippen LogP contribution in [-0.2, 0) is 4.74 Å². The van der Waals surface area contributed by atoms with E-state index in [1.165, 1.54) is 10.8 Å². The van der Waals surface area contributed by atoms with Crippen LogP contribution in [-0.4, -0.2) is 32.4 Å². The zero-order chi connectivity index (χ0) is 12.7. The van der Waals surface area contributed by atoms with Gasteiger partial charge in [-0.2, -0.15) is 4.98 Å². The zero-order valence-electron chi connectivity index (χ0n) is 9.44. The SMILES string of the molecule is Nc1ncc2oc(=O)n([C@H]3CC[C@@H](CO)O3)c2n1. The third kappa shape index (κ3) is 1.66. The van der Waals surface area contributed by atoms with Crippen LogP contribution < -0.4 is 11.5 Å². The second kappa shape index (κ2) is 4.07. The van der Waals surface area contributed by atoms with Gasteiger partial charge in [-0.15, -0.1) is 0 Å². The molecule has 8 nitrogen and oxygen atoms in total. The molecule has 0 radical (unpaired) electrons. The average molecular weight is 252 g/mol. The van der Waals surface area contributed by atoms with Crippen molar-refractivity contribution < 1.29 is 14.3 Å². The Morgan fingerprint density at radius 3 is 3.11 bits per heavy atom. The number of aliphatic hydroxyl groups excluding tert-OH is 1. The highest BCUT2D eigenvalue weighted by Gasteiger charge is 2.29. The minimum atomic E-state index is -0.562. The summed E-state index contributed by atoms with van der Waals surface area (Å²) in [6.45, 7) is -0.0713. The van der Waals surface area contributed by atoms with E-state index in [1.807, 2.05) is 0 Å². The average Bonchev–Trinajstić information content (AvgIpc) is 2.92. The van der Waals surface area contributed by atoms with E-state index in [1.54, 1.807) is 0 Å². The van der Waals surface area contributed by atoms with E-state index < -0.39 is 12.0 Å². The topological polar surface area (TPSA) is 116 Å². The van der Waals surface area contributed by atoms with Crippen molar-refractivity contribution in [2.24, 2.45) is 0 Å². The number of oxazole rings is 1. The molecule has 2 aromatic rings. The van der Waals surface area contributed by atoms with Crippen molar-refractivity contribution in [2.75, 3.05) is 12.3 Å². The highest BCUT2D eigenvalue weighted by molar-refractivity contribution is 5.68. The van der Waals surface area contributed by atoms with Gasteiger partial charge in [0.25, 0.3) is 0 Å². The van der Waals surface area contributed by atoms with E-state index in [4.69, 9.17) is 20.0 Å². The zero-order valence-corrected chi connectivity index (χ0v) is 9.44. The first-order valence-electron chi connectivity index (χ1n) is 5.59. The minimum Gasteiger partial charge on any atom is -0.404 e. The third-order valence-corrected chi connectivity index (χ3v) is 2.95. The van der Waals surface area contributed by atoms with Gasteiger partial charge in [0.2, 0.25) is 5.95 Å². The number of aliphatic hydroxyl groups is 1. The Balaban J connectivity index is 2.08. The molecule has 0 unspecified atom stereocenters. The van der Waals surface area contributed by atoms with E-state index in [0.29, 0.717) is 18.5 Å². The normalized spacial score (nSPS) is 23.8. The smallest absolute Gasteiger partial charge is 0.404 e. The van der Waals surface area contributed by atoms with E-state index >= 15 is 0 Å². The Morgan fingerprint density at radius 2 is 2.39 bits per heavy atom. The predicted octanol–water partition coefficient (Wildman–Crippen LogP) is -0.363. The molecule has 1 fully saturated rings. The van der Waals surface area contributed by atoms with E-state index in [2.05, 4.69) is 9.97 Å². The Hall–Kier alpha value is -1.93. The number of nitrogen functional groups attached to an aromatic ring is 1. The Bertz CT molecular complexity index is 634. The van der Waals surface area contributed by atoms with Crippen molar-refractivity contribution in [1.82, 2.24) is 14.5 Å². The van der Waals surface area contributed by atoms with Crippen LogP contribution in [0.25, 0.3) is 11.2 Å². The molecule has 0 spiro atoms. The summed E-state index contributed by atoms with van der Waals surface area (Å²) >= 11 is 0. The first-order chi connectivity index (χ1) is 8.69. The molecule has 0 bridgehead atoms. The number of aromatic nitrogens is 3. The van der Waals surface area contributed by atoms with Gasteiger partial charge >= 0.3 is 5.76 Å². The van der Waals surface area contributed by atoms with Crippen LogP contribution in [0.5, 0.6) is 0 Å². The van der Waals surface area contributed by atoms with Crippen molar-refractivity contribution in [2.45, 2.75) is 25.2 Å². The van der Waals surface area contributed by atoms with Crippen LogP contribution in [0.2, 0.25) is 0 Å². The molecule has 3 N–H and O–H groups in total. The lowest BCUT2D eigenvalue weighted by atomic mass is 10.2. The maximum atomic E-state index is 11.8. The minimum absolute atomic E-state index is 0.0637. The van der Waals surface area contributed by atoms with Crippen LogP contribution in [0.4, 0.5) is 5.95 Å². The molecule has 3 rings (SSSR count). The molecule has 0 aliphatic carbocycles. The second-order valence-electron chi connectivity index (χ2n) is 4.13. The number of hydrogen-bond acceptors (Lipinski definition) is 7. The lowest BCUT2D eigenvalue weighted by Gasteiger charge is -2.12. The summed E-state index contributed by atoms with van der Waals surface area (Å²) in [5.41, 5.74) is 6.08. The summed E-state index contributed by atoms with van der Waals surface area (Å²) in [6.07, 6.45) is 1.91. The highest BCUT2D eigenvalue weighted by Crippen LogP contribution is 2.29. The lowest BCUT2D eigenvalue weighted by Crippen LogP contribution is -2.22. The fourth-order valence-corrected chi connectivity index (χ4v) is 2.11. The predicted molar refractivity (Wildman–Crippen MR) is 60.7 cm³/mol. The number of rotatable bonds is 2. The fourth-order valence-electron chi connectivity index (χ4n) is 2.11. The molecule has 3 heterocycles. The molecule has 0 aromatic carbocycles. The number of hydrogen-bond donors (Lipinski definition) is 2. The summed E-state index contributed by atoms with van der Waals surface area (Å²) in [4.78, 5) is 19.5. The summed E-state index contributed by atoms with van der Waals surface area (Å²) in [6, 6.07) is 0. The van der Waals surface area contributed by atoms with Crippen molar-refractivity contribution in [1.29, 1.82) is 0 Å². The highest BCUT2D eigenvalue weighted by atomic mass is 16.5. The van der Waals surface area contributed by atoms with Gasteiger partial charge in [-0.1, -0.05) is 0 Å². The van der Waals surface area contributed by atoms with Gasteiger partial charge in [0.05, 0.1) is 18.9 Å². The molecule has 0 amide bonds. The van der Waals surface area contributed by atoms with E-state index in [9.17, 15) is 4.79 Å². The molecule has 1 saturated heterocycles. The van der Waals surface area contributed by atoms with Gasteiger partial charge in [0, 0.05) is 0 Å². The van der Waals surface area contributed by atoms with Crippen LogP contribution in [0, 0.1) is 0 Å². The second-order valence-corrected chi connectivity index (χ2v) is 4.13. The molecule has 0 saturated carbocycles. The van der Waals surface area contributed by atoms with Crippen molar-refractivity contribution in [3.05, 3.63) is 16.7 Å². The van der Waals surface area contributed by atoms with Crippen LogP contribution in [0.1, 0.15) is 19.1 Å².